The fraction of sp³-hybridized carbons (Fsp3) is 0.442. The zero-order valence-electron chi connectivity index (χ0n) is 30.5. The van der Waals surface area contributed by atoms with E-state index in [1.54, 1.807) is 7.11 Å². The van der Waals surface area contributed by atoms with Crippen molar-refractivity contribution in [3.8, 4) is 0 Å². The molecule has 3 heterocycles. The average molecular weight is 745 g/mol. The van der Waals surface area contributed by atoms with Gasteiger partial charge in [0.1, 0.15) is 30.5 Å². The Hall–Kier alpha value is -3.19. The molecule has 3 aliphatic heterocycles. The van der Waals surface area contributed by atoms with E-state index in [1.807, 2.05) is 105 Å². The molecule has 7 rings (SSSR count). The van der Waals surface area contributed by atoms with Crippen molar-refractivity contribution in [2.45, 2.75) is 101 Å². The van der Waals surface area contributed by atoms with Crippen LogP contribution >= 0.6 is 11.6 Å². The molecule has 0 aliphatic carbocycles. The number of rotatable bonds is 16. The van der Waals surface area contributed by atoms with Crippen LogP contribution < -0.4 is 0 Å². The van der Waals surface area contributed by atoms with E-state index in [2.05, 4.69) is 24.3 Å². The summed E-state index contributed by atoms with van der Waals surface area (Å²) in [6.07, 6.45) is -2.52. The third kappa shape index (κ3) is 9.92. The Morgan fingerprint density at radius 3 is 1.85 bits per heavy atom. The molecule has 8 atom stereocenters. The Labute approximate surface area is 317 Å². The normalized spacial score (nSPS) is 29.2. The van der Waals surface area contributed by atoms with E-state index in [0.717, 1.165) is 22.3 Å². The largest absolute Gasteiger partial charge is 0.374 e. The highest BCUT2D eigenvalue weighted by atomic mass is 35.5. The van der Waals surface area contributed by atoms with E-state index in [9.17, 15) is 0 Å². The summed E-state index contributed by atoms with van der Waals surface area (Å²) in [6, 6.07) is 38.1. The lowest BCUT2D eigenvalue weighted by atomic mass is 9.90. The van der Waals surface area contributed by atoms with Gasteiger partial charge in [-0.25, -0.2) is 0 Å². The summed E-state index contributed by atoms with van der Waals surface area (Å²) in [5.41, 5.74) is 4.16. The first-order chi connectivity index (χ1) is 25.8. The molecule has 3 aliphatic rings. The highest BCUT2D eigenvalue weighted by Crippen LogP contribution is 2.42. The van der Waals surface area contributed by atoms with E-state index in [1.165, 1.54) is 0 Å². The molecule has 53 heavy (non-hydrogen) atoms. The molecule has 0 unspecified atom stereocenters. The Morgan fingerprint density at radius 2 is 1.23 bits per heavy atom. The maximum absolute atomic E-state index is 7.15. The summed E-state index contributed by atoms with van der Waals surface area (Å²) in [6.45, 7) is 5.37. The minimum atomic E-state index is -1.17. The van der Waals surface area contributed by atoms with Gasteiger partial charge in [0.25, 0.3) is 0 Å². The summed E-state index contributed by atoms with van der Waals surface area (Å²) in [5, 5.41) is 0.649. The van der Waals surface area contributed by atoms with Crippen LogP contribution in [0.4, 0.5) is 0 Å². The quantitative estimate of drug-likeness (QED) is 0.115. The Kier molecular flexibility index (Phi) is 12.6. The van der Waals surface area contributed by atoms with Gasteiger partial charge in [-0.1, -0.05) is 115 Å². The lowest BCUT2D eigenvalue weighted by Gasteiger charge is -2.48. The highest BCUT2D eigenvalue weighted by Gasteiger charge is 2.57. The van der Waals surface area contributed by atoms with Crippen LogP contribution in [0.2, 0.25) is 5.02 Å². The van der Waals surface area contributed by atoms with Gasteiger partial charge in [-0.15, -0.1) is 0 Å². The minimum absolute atomic E-state index is 0.159. The molecule has 4 aromatic rings. The van der Waals surface area contributed by atoms with Crippen molar-refractivity contribution in [2.75, 3.05) is 20.3 Å². The van der Waals surface area contributed by atoms with E-state index in [4.69, 9.17) is 54.2 Å². The van der Waals surface area contributed by atoms with Crippen molar-refractivity contribution >= 4 is 11.6 Å². The molecule has 9 nitrogen and oxygen atoms in total. The average Bonchev–Trinajstić information content (AvgIpc) is 3.67. The Morgan fingerprint density at radius 1 is 0.642 bits per heavy atom. The van der Waals surface area contributed by atoms with Crippen molar-refractivity contribution in [1.29, 1.82) is 0 Å². The van der Waals surface area contributed by atoms with Gasteiger partial charge < -0.3 is 42.6 Å². The first-order valence-corrected chi connectivity index (χ1v) is 18.7. The zero-order chi connectivity index (χ0) is 36.7. The second kappa shape index (κ2) is 17.5. The first-order valence-electron chi connectivity index (χ1n) is 18.3. The van der Waals surface area contributed by atoms with Gasteiger partial charge in [-0.2, -0.15) is 0 Å². The minimum Gasteiger partial charge on any atom is -0.374 e. The zero-order valence-corrected chi connectivity index (χ0v) is 31.3. The van der Waals surface area contributed by atoms with E-state index < -0.39 is 42.3 Å². The van der Waals surface area contributed by atoms with Gasteiger partial charge in [0.15, 0.2) is 17.9 Å². The van der Waals surface area contributed by atoms with Crippen LogP contribution in [0.5, 0.6) is 0 Å². The Bertz CT molecular complexity index is 1690. The Balaban J connectivity index is 1.20. The summed E-state index contributed by atoms with van der Waals surface area (Å²) in [7, 11) is 1.61. The molecule has 10 heteroatoms. The predicted molar refractivity (Wildman–Crippen MR) is 199 cm³/mol. The lowest BCUT2D eigenvalue weighted by Crippen LogP contribution is -2.60. The topological polar surface area (TPSA) is 83.1 Å². The molecule has 282 valence electrons. The monoisotopic (exact) mass is 744 g/mol. The second-order valence-corrected chi connectivity index (χ2v) is 14.8. The third-order valence-electron chi connectivity index (χ3n) is 9.83. The third-order valence-corrected chi connectivity index (χ3v) is 10.1. The number of hydrogen-bond donors (Lipinski definition) is 0. The van der Waals surface area contributed by atoms with Crippen LogP contribution in [0.15, 0.2) is 115 Å². The molecule has 3 saturated heterocycles. The fourth-order valence-electron chi connectivity index (χ4n) is 7.33. The van der Waals surface area contributed by atoms with Crippen LogP contribution in [-0.2, 0) is 68.9 Å². The summed E-state index contributed by atoms with van der Waals surface area (Å²) in [4.78, 5) is 0. The van der Waals surface area contributed by atoms with Gasteiger partial charge in [0.2, 0.25) is 0 Å². The first kappa shape index (κ1) is 38.1. The number of fused-ring (bicyclic) bond motifs is 1. The van der Waals surface area contributed by atoms with Crippen molar-refractivity contribution in [2.24, 2.45) is 0 Å². The van der Waals surface area contributed by atoms with Gasteiger partial charge in [-0.3, -0.25) is 0 Å². The van der Waals surface area contributed by atoms with Crippen molar-refractivity contribution in [1.82, 2.24) is 0 Å². The number of ether oxygens (including phenoxy) is 9. The van der Waals surface area contributed by atoms with E-state index in [-0.39, 0.29) is 25.4 Å². The van der Waals surface area contributed by atoms with Gasteiger partial charge in [-0.05, 0) is 48.2 Å². The smallest absolute Gasteiger partial charge is 0.186 e. The fourth-order valence-corrected chi connectivity index (χ4v) is 7.46. The molecular formula is C43H49ClO9. The van der Waals surface area contributed by atoms with Crippen molar-refractivity contribution < 1.29 is 42.6 Å². The summed E-state index contributed by atoms with van der Waals surface area (Å²) in [5.74, 6) is -1.95. The number of methoxy groups -OCH3 is 1. The number of halogens is 1. The molecule has 0 saturated carbocycles. The predicted octanol–water partition coefficient (Wildman–Crippen LogP) is 7.66. The van der Waals surface area contributed by atoms with E-state index in [0.29, 0.717) is 37.7 Å². The lowest BCUT2D eigenvalue weighted by molar-refractivity contribution is -0.342. The van der Waals surface area contributed by atoms with Crippen LogP contribution in [0.3, 0.4) is 0 Å². The number of benzene rings is 4. The maximum atomic E-state index is 7.15. The van der Waals surface area contributed by atoms with Gasteiger partial charge in [0.05, 0.1) is 39.1 Å². The molecule has 3 fully saturated rings. The second-order valence-electron chi connectivity index (χ2n) is 14.3. The summed E-state index contributed by atoms with van der Waals surface area (Å²) < 4.78 is 58.5. The van der Waals surface area contributed by atoms with Crippen LogP contribution in [-0.4, -0.2) is 74.8 Å². The molecule has 0 radical (unpaired) electrons. The summed E-state index contributed by atoms with van der Waals surface area (Å²) >= 11 is 6.33. The van der Waals surface area contributed by atoms with Crippen LogP contribution in [0.25, 0.3) is 0 Å². The highest BCUT2D eigenvalue weighted by molar-refractivity contribution is 6.30. The van der Waals surface area contributed by atoms with E-state index >= 15 is 0 Å². The van der Waals surface area contributed by atoms with Gasteiger partial charge >= 0.3 is 0 Å². The van der Waals surface area contributed by atoms with Crippen molar-refractivity contribution in [3.05, 3.63) is 143 Å². The maximum Gasteiger partial charge on any atom is 0.186 e. The molecule has 4 aromatic carbocycles. The molecular weight excluding hydrogens is 696 g/mol. The molecule has 0 aromatic heterocycles. The van der Waals surface area contributed by atoms with Crippen LogP contribution in [0, 0.1) is 0 Å². The molecule has 0 spiro atoms. The molecule has 0 N–H and O–H groups in total. The van der Waals surface area contributed by atoms with Gasteiger partial charge in [0, 0.05) is 25.0 Å². The standard InChI is InChI=1S/C43H49ClO9/c1-42(2)52-39-36(50-41(45-3)40(39)53-42)29-49-43(23-30-19-21-34(44)22-20-30)24-35(47-26-32-15-9-5-10-16-32)38(48-27-33-17-11-6-12-18-33)37(51-43)28-46-25-31-13-7-4-8-14-31/h4-22,35-41H,23-29H2,1-3H3/t35-,36-,37-,38-,39-,40-,41-,43+/m1/s1. The molecule has 0 bridgehead atoms. The molecule has 0 amide bonds. The number of hydrogen-bond acceptors (Lipinski definition) is 9. The van der Waals surface area contributed by atoms with Crippen LogP contribution in [0.1, 0.15) is 42.5 Å². The SMILES string of the molecule is CO[C@@H]1O[C@H](CO[C@]2(Cc3ccc(Cl)cc3)C[C@@H](OCc3ccccc3)[C@@H](OCc3ccccc3)[C@@H](COCc3ccccc3)O2)[C@H]2OC(C)(C)O[C@@H]12. The van der Waals surface area contributed by atoms with Crippen molar-refractivity contribution in [3.63, 3.8) is 0 Å².